The second-order valence-corrected chi connectivity index (χ2v) is 8.29. The largest absolute Gasteiger partial charge is 0.444 e. The van der Waals surface area contributed by atoms with Crippen LogP contribution in [0.15, 0.2) is 45.5 Å². The Hall–Kier alpha value is -2.12. The van der Waals surface area contributed by atoms with E-state index in [-0.39, 0.29) is 17.9 Å². The highest BCUT2D eigenvalue weighted by Crippen LogP contribution is 2.22. The van der Waals surface area contributed by atoms with Crippen molar-refractivity contribution >= 4 is 27.7 Å². The third-order valence-corrected chi connectivity index (χ3v) is 5.91. The van der Waals surface area contributed by atoms with Crippen molar-refractivity contribution in [3.8, 4) is 0 Å². The molecule has 28 heavy (non-hydrogen) atoms. The van der Waals surface area contributed by atoms with Gasteiger partial charge in [0.1, 0.15) is 6.04 Å². The third kappa shape index (κ3) is 4.00. The molecule has 0 radical (unpaired) electrons. The molecule has 0 aliphatic carbocycles. The summed E-state index contributed by atoms with van der Waals surface area (Å²) in [5.41, 5.74) is 2.34. The van der Waals surface area contributed by atoms with Crippen LogP contribution in [0.3, 0.4) is 0 Å². The molecule has 2 aliphatic rings. The van der Waals surface area contributed by atoms with E-state index in [1.165, 1.54) is 5.56 Å². The van der Waals surface area contributed by atoms with Crippen LogP contribution in [-0.4, -0.2) is 65.3 Å². The van der Waals surface area contributed by atoms with Gasteiger partial charge >= 0.3 is 0 Å². The lowest BCUT2D eigenvalue weighted by Gasteiger charge is -2.40. The van der Waals surface area contributed by atoms with Crippen LogP contribution in [0.1, 0.15) is 28.1 Å². The van der Waals surface area contributed by atoms with Crippen LogP contribution in [0.5, 0.6) is 0 Å². The van der Waals surface area contributed by atoms with Gasteiger partial charge in [0.15, 0.2) is 10.4 Å². The minimum Gasteiger partial charge on any atom is -0.444 e. The molecule has 6 nitrogen and oxygen atoms in total. The summed E-state index contributed by atoms with van der Waals surface area (Å²) in [6.45, 7) is 6.11. The SMILES string of the molecule is Cc1cccc(CN2CCN3CCCN(C(=O)c4ccc(Br)o4)CC3C2=O)c1. The van der Waals surface area contributed by atoms with Crippen molar-refractivity contribution in [1.29, 1.82) is 0 Å². The van der Waals surface area contributed by atoms with Gasteiger partial charge in [-0.1, -0.05) is 29.8 Å². The molecule has 4 rings (SSSR count). The molecule has 2 amide bonds. The lowest BCUT2D eigenvalue weighted by Crippen LogP contribution is -2.59. The van der Waals surface area contributed by atoms with Crippen LogP contribution in [0, 0.1) is 6.92 Å². The Morgan fingerprint density at radius 1 is 1.18 bits per heavy atom. The molecule has 1 aromatic heterocycles. The molecule has 148 valence electrons. The highest BCUT2D eigenvalue weighted by atomic mass is 79.9. The summed E-state index contributed by atoms with van der Waals surface area (Å²) in [7, 11) is 0. The number of furan rings is 1. The number of halogens is 1. The van der Waals surface area contributed by atoms with Crippen molar-refractivity contribution in [3.63, 3.8) is 0 Å². The molecule has 7 heteroatoms. The molecule has 0 N–H and O–H groups in total. The van der Waals surface area contributed by atoms with Crippen LogP contribution in [0.25, 0.3) is 0 Å². The smallest absolute Gasteiger partial charge is 0.289 e. The second-order valence-electron chi connectivity index (χ2n) is 7.51. The number of hydrogen-bond acceptors (Lipinski definition) is 4. The number of carbonyl (C=O) groups is 2. The van der Waals surface area contributed by atoms with Gasteiger partial charge in [0, 0.05) is 39.3 Å². The Balaban J connectivity index is 1.49. The number of aryl methyl sites for hydroxylation is 1. The fraction of sp³-hybridized carbons (Fsp3) is 0.429. The molecule has 2 fully saturated rings. The summed E-state index contributed by atoms with van der Waals surface area (Å²) in [5, 5.41) is 0. The quantitative estimate of drug-likeness (QED) is 0.728. The van der Waals surface area contributed by atoms with E-state index in [0.29, 0.717) is 30.1 Å². The average Bonchev–Trinajstić information content (AvgIpc) is 2.98. The lowest BCUT2D eigenvalue weighted by atomic mass is 10.1. The zero-order valence-corrected chi connectivity index (χ0v) is 17.5. The lowest BCUT2D eigenvalue weighted by molar-refractivity contribution is -0.142. The summed E-state index contributed by atoms with van der Waals surface area (Å²) in [6, 6.07) is 11.4. The van der Waals surface area contributed by atoms with Crippen LogP contribution < -0.4 is 0 Å². The highest BCUT2D eigenvalue weighted by molar-refractivity contribution is 9.10. The van der Waals surface area contributed by atoms with E-state index < -0.39 is 0 Å². The van der Waals surface area contributed by atoms with Gasteiger partial charge in [0.25, 0.3) is 5.91 Å². The summed E-state index contributed by atoms with van der Waals surface area (Å²) < 4.78 is 5.96. The molecule has 1 aromatic carbocycles. The Morgan fingerprint density at radius 2 is 2.04 bits per heavy atom. The van der Waals surface area contributed by atoms with Crippen molar-refractivity contribution < 1.29 is 14.0 Å². The molecular formula is C21H24BrN3O3. The number of piperazine rings is 1. The summed E-state index contributed by atoms with van der Waals surface area (Å²) >= 11 is 3.24. The molecule has 2 saturated heterocycles. The van der Waals surface area contributed by atoms with Crippen molar-refractivity contribution in [2.24, 2.45) is 0 Å². The van der Waals surface area contributed by atoms with E-state index in [1.807, 2.05) is 11.0 Å². The topological polar surface area (TPSA) is 57.0 Å². The monoisotopic (exact) mass is 445 g/mol. The number of carbonyl (C=O) groups excluding carboxylic acids is 2. The Bertz CT molecular complexity index is 881. The van der Waals surface area contributed by atoms with Crippen LogP contribution in [0.2, 0.25) is 0 Å². The first-order valence-corrected chi connectivity index (χ1v) is 10.4. The number of rotatable bonds is 3. The van der Waals surface area contributed by atoms with E-state index in [2.05, 4.69) is 46.0 Å². The van der Waals surface area contributed by atoms with Gasteiger partial charge < -0.3 is 14.2 Å². The Kier molecular flexibility index (Phi) is 5.55. The minimum absolute atomic E-state index is 0.105. The van der Waals surface area contributed by atoms with Gasteiger partial charge in [0.05, 0.1) is 0 Å². The molecule has 2 aromatic rings. The second kappa shape index (κ2) is 8.09. The number of benzene rings is 1. The predicted molar refractivity (Wildman–Crippen MR) is 109 cm³/mol. The zero-order chi connectivity index (χ0) is 19.7. The van der Waals surface area contributed by atoms with E-state index in [4.69, 9.17) is 4.42 Å². The van der Waals surface area contributed by atoms with Gasteiger partial charge in [-0.25, -0.2) is 0 Å². The van der Waals surface area contributed by atoms with Crippen LogP contribution >= 0.6 is 15.9 Å². The first kappa shape index (κ1) is 19.2. The van der Waals surface area contributed by atoms with E-state index >= 15 is 0 Å². The standard InChI is InChI=1S/C21H24BrN3O3/c1-15-4-2-5-16(12-15)13-25-11-10-23-8-3-9-24(14-17(23)20(25)26)21(27)18-6-7-19(22)28-18/h2,4-7,12,17H,3,8-11,13-14H2,1H3. The van der Waals surface area contributed by atoms with Gasteiger partial charge in [-0.2, -0.15) is 0 Å². The van der Waals surface area contributed by atoms with Gasteiger partial charge in [-0.05, 0) is 47.0 Å². The molecule has 0 spiro atoms. The fourth-order valence-electron chi connectivity index (χ4n) is 4.07. The van der Waals surface area contributed by atoms with Gasteiger partial charge in [-0.3, -0.25) is 14.5 Å². The van der Waals surface area contributed by atoms with Crippen LogP contribution in [-0.2, 0) is 11.3 Å². The molecule has 1 atom stereocenters. The predicted octanol–water partition coefficient (Wildman–Crippen LogP) is 2.91. The normalized spacial score (nSPS) is 20.8. The first-order valence-electron chi connectivity index (χ1n) is 9.64. The Labute approximate surface area is 173 Å². The summed E-state index contributed by atoms with van der Waals surface area (Å²) in [6.07, 6.45) is 0.856. The van der Waals surface area contributed by atoms with E-state index in [1.54, 1.807) is 17.0 Å². The maximum atomic E-state index is 13.2. The first-order chi connectivity index (χ1) is 13.5. The van der Waals surface area contributed by atoms with Crippen molar-refractivity contribution in [2.75, 3.05) is 32.7 Å². The maximum Gasteiger partial charge on any atom is 0.289 e. The Morgan fingerprint density at radius 3 is 2.79 bits per heavy atom. The molecular weight excluding hydrogens is 422 g/mol. The number of nitrogens with zero attached hydrogens (tertiary/aromatic N) is 3. The van der Waals surface area contributed by atoms with E-state index in [9.17, 15) is 9.59 Å². The highest BCUT2D eigenvalue weighted by Gasteiger charge is 2.38. The number of fused-ring (bicyclic) bond motifs is 1. The third-order valence-electron chi connectivity index (χ3n) is 5.49. The number of amides is 2. The van der Waals surface area contributed by atoms with E-state index in [0.717, 1.165) is 31.6 Å². The molecule has 1 unspecified atom stereocenters. The minimum atomic E-state index is -0.289. The zero-order valence-electron chi connectivity index (χ0n) is 15.9. The molecule has 2 aliphatic heterocycles. The molecule has 0 saturated carbocycles. The van der Waals surface area contributed by atoms with Crippen molar-refractivity contribution in [2.45, 2.75) is 25.9 Å². The summed E-state index contributed by atoms with van der Waals surface area (Å²) in [5.74, 6) is 0.254. The fourth-order valence-corrected chi connectivity index (χ4v) is 4.37. The average molecular weight is 446 g/mol. The maximum absolute atomic E-state index is 13.2. The van der Waals surface area contributed by atoms with Gasteiger partial charge in [-0.15, -0.1) is 0 Å². The molecule has 3 heterocycles. The van der Waals surface area contributed by atoms with Gasteiger partial charge in [0.2, 0.25) is 5.91 Å². The summed E-state index contributed by atoms with van der Waals surface area (Å²) in [4.78, 5) is 32.0. The molecule has 0 bridgehead atoms. The number of hydrogen-bond donors (Lipinski definition) is 0. The van der Waals surface area contributed by atoms with Crippen molar-refractivity contribution in [3.05, 3.63) is 58.0 Å². The van der Waals surface area contributed by atoms with Crippen molar-refractivity contribution in [1.82, 2.24) is 14.7 Å². The van der Waals surface area contributed by atoms with Crippen LogP contribution in [0.4, 0.5) is 0 Å².